The molecule has 1 aliphatic rings. The second-order valence-corrected chi connectivity index (χ2v) is 10.3. The summed E-state index contributed by atoms with van der Waals surface area (Å²) in [6, 6.07) is 8.20. The zero-order chi connectivity index (χ0) is 25.8. The number of alkyl halides is 1. The lowest BCUT2D eigenvalue weighted by atomic mass is 10.0. The third-order valence-electron chi connectivity index (χ3n) is 5.02. The number of para-hydroxylation sites is 1. The molecule has 192 valence electrons. The smallest absolute Gasteiger partial charge is 0.459 e. The van der Waals surface area contributed by atoms with Crippen molar-refractivity contribution in [2.24, 2.45) is 0 Å². The van der Waals surface area contributed by atoms with Gasteiger partial charge in [0.1, 0.15) is 11.8 Å². The quantitative estimate of drug-likeness (QED) is 0.363. The maximum absolute atomic E-state index is 15.3. The molecule has 1 aromatic carbocycles. The van der Waals surface area contributed by atoms with Crippen LogP contribution >= 0.6 is 7.75 Å². The van der Waals surface area contributed by atoms with Crippen molar-refractivity contribution >= 4 is 13.7 Å². The number of hydrogen-bond acceptors (Lipinski definition) is 8. The van der Waals surface area contributed by atoms with Crippen molar-refractivity contribution in [3.8, 4) is 5.75 Å². The van der Waals surface area contributed by atoms with Gasteiger partial charge >= 0.3 is 19.4 Å². The second-order valence-electron chi connectivity index (χ2n) is 8.64. The molecule has 0 unspecified atom stereocenters. The molecule has 11 nitrogen and oxygen atoms in total. The van der Waals surface area contributed by atoms with Gasteiger partial charge in [0.2, 0.25) is 0 Å². The molecule has 1 aliphatic heterocycles. The highest BCUT2D eigenvalue weighted by Crippen LogP contribution is 2.47. The topological polar surface area (TPSA) is 138 Å². The summed E-state index contributed by atoms with van der Waals surface area (Å²) >= 11 is 0. The molecule has 0 spiro atoms. The Morgan fingerprint density at radius 1 is 1.29 bits per heavy atom. The predicted octanol–water partition coefficient (Wildman–Crippen LogP) is 2.69. The van der Waals surface area contributed by atoms with Crippen LogP contribution in [0.25, 0.3) is 0 Å². The Labute approximate surface area is 201 Å². The summed E-state index contributed by atoms with van der Waals surface area (Å²) in [6.07, 6.45) is -1.70. The molecule has 3 rings (SSSR count). The first kappa shape index (κ1) is 26.8. The van der Waals surface area contributed by atoms with Crippen LogP contribution in [-0.4, -0.2) is 46.0 Å². The van der Waals surface area contributed by atoms with Crippen molar-refractivity contribution in [1.82, 2.24) is 14.6 Å². The van der Waals surface area contributed by atoms with Crippen molar-refractivity contribution in [3.63, 3.8) is 0 Å². The number of benzene rings is 1. The monoisotopic (exact) mass is 513 g/mol. The number of aromatic amines is 1. The Bertz CT molecular complexity index is 1180. The van der Waals surface area contributed by atoms with Gasteiger partial charge < -0.3 is 14.0 Å². The lowest BCUT2D eigenvalue weighted by Crippen LogP contribution is -2.38. The van der Waals surface area contributed by atoms with Crippen LogP contribution < -0.4 is 20.9 Å². The van der Waals surface area contributed by atoms with Crippen molar-refractivity contribution < 1.29 is 32.3 Å². The zero-order valence-corrected chi connectivity index (χ0v) is 20.7. The third kappa shape index (κ3) is 7.11. The van der Waals surface area contributed by atoms with E-state index in [2.05, 4.69) is 10.1 Å². The van der Waals surface area contributed by atoms with Gasteiger partial charge in [-0.2, -0.15) is 5.09 Å². The Morgan fingerprint density at radius 3 is 2.60 bits per heavy atom. The number of ether oxygens (including phenoxy) is 2. The van der Waals surface area contributed by atoms with Crippen LogP contribution in [0.1, 0.15) is 40.3 Å². The lowest BCUT2D eigenvalue weighted by Gasteiger charge is -2.24. The Morgan fingerprint density at radius 2 is 1.97 bits per heavy atom. The van der Waals surface area contributed by atoms with Crippen molar-refractivity contribution in [2.75, 3.05) is 6.61 Å². The van der Waals surface area contributed by atoms with E-state index in [0.717, 1.165) is 16.8 Å². The van der Waals surface area contributed by atoms with Gasteiger partial charge in [0.05, 0.1) is 18.8 Å². The second kappa shape index (κ2) is 10.9. The summed E-state index contributed by atoms with van der Waals surface area (Å²) in [4.78, 5) is 37.7. The number of carbonyl (C=O) groups is 1. The van der Waals surface area contributed by atoms with Crippen LogP contribution in [0.3, 0.4) is 0 Å². The first-order valence-corrected chi connectivity index (χ1v) is 12.6. The number of rotatable bonds is 10. The Hall–Kier alpha value is -2.79. The summed E-state index contributed by atoms with van der Waals surface area (Å²) in [5.74, 6) is -0.445. The van der Waals surface area contributed by atoms with Gasteiger partial charge in [0.25, 0.3) is 5.56 Å². The van der Waals surface area contributed by atoms with Crippen LogP contribution in [-0.2, 0) is 23.4 Å². The number of H-pyrrole nitrogens is 1. The molecule has 0 bridgehead atoms. The van der Waals surface area contributed by atoms with Gasteiger partial charge in [-0.05, 0) is 39.8 Å². The summed E-state index contributed by atoms with van der Waals surface area (Å²) in [6.45, 7) is 5.67. The first-order valence-electron chi connectivity index (χ1n) is 11.0. The molecular formula is C22H29FN3O8P. The number of aromatic nitrogens is 2. The normalized spacial score (nSPS) is 24.6. The number of esters is 1. The minimum absolute atomic E-state index is 0.195. The summed E-state index contributed by atoms with van der Waals surface area (Å²) in [7, 11) is -4.17. The maximum atomic E-state index is 15.3. The van der Waals surface area contributed by atoms with E-state index in [-0.39, 0.29) is 24.9 Å². The molecule has 0 aliphatic carbocycles. The first-order chi connectivity index (χ1) is 16.4. The average molecular weight is 513 g/mol. The molecular weight excluding hydrogens is 484 g/mol. The SMILES string of the molecule is CC(C)OC(=O)[C@H](C)N[P@@](=O)(OC[C@@H]1C[C@@](C)(F)[C@H](n2ccc(=O)[nH]c2=O)O1)Oc1ccccc1. The van der Waals surface area contributed by atoms with E-state index in [0.29, 0.717) is 0 Å². The number of hydrogen-bond donors (Lipinski definition) is 2. The van der Waals surface area contributed by atoms with E-state index >= 15 is 4.39 Å². The highest BCUT2D eigenvalue weighted by Gasteiger charge is 2.48. The van der Waals surface area contributed by atoms with E-state index in [1.54, 1.807) is 44.2 Å². The van der Waals surface area contributed by atoms with E-state index in [4.69, 9.17) is 18.5 Å². The van der Waals surface area contributed by atoms with E-state index in [1.807, 2.05) is 0 Å². The third-order valence-corrected chi connectivity index (χ3v) is 6.67. The van der Waals surface area contributed by atoms with E-state index in [1.165, 1.54) is 13.8 Å². The van der Waals surface area contributed by atoms with Crippen LogP contribution in [0.2, 0.25) is 0 Å². The van der Waals surface area contributed by atoms with Crippen LogP contribution in [0.5, 0.6) is 5.75 Å². The van der Waals surface area contributed by atoms with Crippen molar-refractivity contribution in [2.45, 2.75) is 64.3 Å². The zero-order valence-electron chi connectivity index (χ0n) is 19.8. The highest BCUT2D eigenvalue weighted by molar-refractivity contribution is 7.52. The van der Waals surface area contributed by atoms with Crippen molar-refractivity contribution in [1.29, 1.82) is 0 Å². The van der Waals surface area contributed by atoms with E-state index in [9.17, 15) is 18.9 Å². The van der Waals surface area contributed by atoms with Gasteiger partial charge in [-0.25, -0.2) is 13.8 Å². The molecule has 1 aromatic heterocycles. The standard InChI is InChI=1S/C22H29FN3O8P/c1-14(2)32-19(28)15(3)25-35(30,34-16-8-6-5-7-9-16)31-13-17-12-22(4,23)20(33-17)26-11-10-18(27)24-21(26)29/h5-11,14-15,17,20H,12-13H2,1-4H3,(H,25,30)(H,24,27,29)/t15-,17-,20+,22+,35+/m0/s1. The number of nitrogens with zero attached hydrogens (tertiary/aromatic N) is 1. The van der Waals surface area contributed by atoms with Gasteiger partial charge in [-0.3, -0.25) is 23.7 Å². The van der Waals surface area contributed by atoms with Gasteiger partial charge in [0.15, 0.2) is 11.9 Å². The molecule has 0 amide bonds. The fourth-order valence-electron chi connectivity index (χ4n) is 3.50. The highest BCUT2D eigenvalue weighted by atomic mass is 31.2. The Balaban J connectivity index is 1.75. The van der Waals surface area contributed by atoms with Gasteiger partial charge in [-0.15, -0.1) is 0 Å². The number of nitrogens with one attached hydrogen (secondary N) is 2. The molecule has 13 heteroatoms. The predicted molar refractivity (Wildman–Crippen MR) is 124 cm³/mol. The summed E-state index contributed by atoms with van der Waals surface area (Å²) in [5, 5.41) is 2.54. The molecule has 1 saturated heterocycles. The minimum atomic E-state index is -4.17. The van der Waals surface area contributed by atoms with Crippen LogP contribution in [0.15, 0.2) is 52.2 Å². The molecule has 2 heterocycles. The summed E-state index contributed by atoms with van der Waals surface area (Å²) in [5.41, 5.74) is -3.45. The van der Waals surface area contributed by atoms with Crippen LogP contribution in [0, 0.1) is 0 Å². The van der Waals surface area contributed by atoms with E-state index < -0.39 is 49.0 Å². The molecule has 5 atom stereocenters. The Kier molecular flexibility index (Phi) is 8.32. The lowest BCUT2D eigenvalue weighted by molar-refractivity contribution is -0.149. The average Bonchev–Trinajstić information content (AvgIpc) is 3.06. The van der Waals surface area contributed by atoms with Gasteiger partial charge in [-0.1, -0.05) is 18.2 Å². The fraction of sp³-hybridized carbons (Fsp3) is 0.500. The molecule has 35 heavy (non-hydrogen) atoms. The van der Waals surface area contributed by atoms with Crippen molar-refractivity contribution in [3.05, 3.63) is 63.4 Å². The van der Waals surface area contributed by atoms with Gasteiger partial charge in [0, 0.05) is 18.7 Å². The number of carbonyl (C=O) groups excluding carboxylic acids is 1. The molecule has 0 saturated carbocycles. The number of halogens is 1. The molecule has 2 aromatic rings. The maximum Gasteiger partial charge on any atom is 0.459 e. The minimum Gasteiger partial charge on any atom is -0.462 e. The molecule has 0 radical (unpaired) electrons. The molecule has 2 N–H and O–H groups in total. The largest absolute Gasteiger partial charge is 0.462 e. The molecule has 1 fully saturated rings. The fourth-order valence-corrected chi connectivity index (χ4v) is 5.02. The summed E-state index contributed by atoms with van der Waals surface area (Å²) < 4.78 is 51.7. The van der Waals surface area contributed by atoms with Crippen LogP contribution in [0.4, 0.5) is 4.39 Å².